The summed E-state index contributed by atoms with van der Waals surface area (Å²) >= 11 is 5.33. The molecule has 0 saturated carbocycles. The van der Waals surface area contributed by atoms with E-state index in [9.17, 15) is 0 Å². The number of rotatable bonds is 1. The van der Waals surface area contributed by atoms with E-state index in [0.717, 1.165) is 5.69 Å². The molecule has 0 radical (unpaired) electrons. The Balaban J connectivity index is 0.000000810. The first kappa shape index (κ1) is 9.60. The summed E-state index contributed by atoms with van der Waals surface area (Å²) < 4.78 is 0. The van der Waals surface area contributed by atoms with E-state index in [1.807, 2.05) is 31.2 Å². The molecule has 0 aliphatic rings. The molecule has 0 bridgehead atoms. The number of nitrogens with one attached hydrogen (secondary N) is 1. The lowest BCUT2D eigenvalue weighted by Crippen LogP contribution is -1.78. The summed E-state index contributed by atoms with van der Waals surface area (Å²) in [6, 6.07) is 7.88. The molecule has 1 nitrogen and oxygen atoms in total. The molecule has 1 N–H and O–H groups in total. The second-order valence-electron chi connectivity index (χ2n) is 1.96. The summed E-state index contributed by atoms with van der Waals surface area (Å²) in [4.78, 5) is 2.53. The molecule has 0 fully saturated rings. The highest BCUT2D eigenvalue weighted by atomic mass is 35.5. The third kappa shape index (κ3) is 2.46. The van der Waals surface area contributed by atoms with Crippen molar-refractivity contribution >= 4 is 29.9 Å². The van der Waals surface area contributed by atoms with Crippen molar-refractivity contribution in [3.8, 4) is 0 Å². The molecule has 56 valence electrons. The van der Waals surface area contributed by atoms with E-state index in [1.165, 1.54) is 5.56 Å². The minimum atomic E-state index is 0. The lowest BCUT2D eigenvalue weighted by Gasteiger charge is -1.95. The first-order valence-corrected chi connectivity index (χ1v) is 3.14. The Kier molecular flexibility index (Phi) is 4.24. The van der Waals surface area contributed by atoms with Crippen molar-refractivity contribution in [3.63, 3.8) is 0 Å². The van der Waals surface area contributed by atoms with Crippen LogP contribution in [0.3, 0.4) is 0 Å². The zero-order chi connectivity index (χ0) is 6.69. The van der Waals surface area contributed by atoms with Crippen molar-refractivity contribution in [1.82, 2.24) is 0 Å². The summed E-state index contributed by atoms with van der Waals surface area (Å²) in [5.74, 6) is 0. The number of aryl methyl sites for hydroxylation is 1. The Morgan fingerprint density at radius 3 is 2.10 bits per heavy atom. The third-order valence-electron chi connectivity index (χ3n) is 1.16. The molecule has 0 spiro atoms. The van der Waals surface area contributed by atoms with Gasteiger partial charge in [0.15, 0.2) is 0 Å². The lowest BCUT2D eigenvalue weighted by atomic mass is 10.2. The normalized spacial score (nSPS) is 8.20. The van der Waals surface area contributed by atoms with Crippen LogP contribution in [0.5, 0.6) is 0 Å². The van der Waals surface area contributed by atoms with Gasteiger partial charge in [-0.3, -0.25) is 4.84 Å². The molecule has 0 amide bonds. The van der Waals surface area contributed by atoms with Crippen molar-refractivity contribution in [3.05, 3.63) is 29.8 Å². The van der Waals surface area contributed by atoms with Crippen LogP contribution >= 0.6 is 24.2 Å². The minimum absolute atomic E-state index is 0. The fourth-order valence-corrected chi connectivity index (χ4v) is 0.743. The van der Waals surface area contributed by atoms with E-state index in [0.29, 0.717) is 0 Å². The van der Waals surface area contributed by atoms with Crippen LogP contribution in [-0.2, 0) is 0 Å². The van der Waals surface area contributed by atoms with Crippen molar-refractivity contribution in [2.75, 3.05) is 4.84 Å². The topological polar surface area (TPSA) is 12.0 Å². The lowest BCUT2D eigenvalue weighted by molar-refractivity contribution is 1.47. The van der Waals surface area contributed by atoms with Gasteiger partial charge in [-0.1, -0.05) is 17.7 Å². The molecular weight excluding hydrogens is 169 g/mol. The maximum atomic E-state index is 5.33. The zero-order valence-corrected chi connectivity index (χ0v) is 7.17. The smallest absolute Gasteiger partial charge is 0.0491 e. The minimum Gasteiger partial charge on any atom is -0.299 e. The van der Waals surface area contributed by atoms with Crippen LogP contribution in [-0.4, -0.2) is 0 Å². The fraction of sp³-hybridized carbons (Fsp3) is 0.143. The van der Waals surface area contributed by atoms with E-state index in [4.69, 9.17) is 11.8 Å². The predicted molar refractivity (Wildman–Crippen MR) is 47.9 cm³/mol. The van der Waals surface area contributed by atoms with Crippen molar-refractivity contribution in [2.45, 2.75) is 6.92 Å². The average Bonchev–Trinajstić information content (AvgIpc) is 1.90. The summed E-state index contributed by atoms with van der Waals surface area (Å²) in [6.07, 6.45) is 0. The van der Waals surface area contributed by atoms with Gasteiger partial charge < -0.3 is 0 Å². The first-order chi connectivity index (χ1) is 4.33. The van der Waals surface area contributed by atoms with Crippen LogP contribution in [0.4, 0.5) is 5.69 Å². The second kappa shape index (κ2) is 4.42. The molecule has 0 heterocycles. The van der Waals surface area contributed by atoms with E-state index < -0.39 is 0 Å². The number of hydrogen-bond acceptors (Lipinski definition) is 1. The molecule has 0 aliphatic heterocycles. The Bertz CT molecular complexity index is 183. The van der Waals surface area contributed by atoms with Crippen molar-refractivity contribution in [2.24, 2.45) is 0 Å². The standard InChI is InChI=1S/C7H8ClN.ClH/c1-6-2-4-7(9-8)5-3-6;/h2-5,9H,1H3;1H. The van der Waals surface area contributed by atoms with Gasteiger partial charge in [0.1, 0.15) is 0 Å². The number of anilines is 1. The fourth-order valence-electron chi connectivity index (χ4n) is 0.617. The Morgan fingerprint density at radius 2 is 1.70 bits per heavy atom. The SMILES string of the molecule is Cc1ccc(NCl)cc1.Cl. The van der Waals surface area contributed by atoms with Gasteiger partial charge >= 0.3 is 0 Å². The highest BCUT2D eigenvalue weighted by Crippen LogP contribution is 2.08. The van der Waals surface area contributed by atoms with Gasteiger partial charge in [0, 0.05) is 17.5 Å². The van der Waals surface area contributed by atoms with Gasteiger partial charge in [0.2, 0.25) is 0 Å². The molecule has 1 aromatic carbocycles. The third-order valence-corrected chi connectivity index (χ3v) is 1.38. The molecule has 10 heavy (non-hydrogen) atoms. The van der Waals surface area contributed by atoms with E-state index in [2.05, 4.69) is 4.84 Å². The zero-order valence-electron chi connectivity index (χ0n) is 5.60. The van der Waals surface area contributed by atoms with Crippen LogP contribution in [0.15, 0.2) is 24.3 Å². The van der Waals surface area contributed by atoms with Crippen LogP contribution in [0, 0.1) is 6.92 Å². The van der Waals surface area contributed by atoms with Gasteiger partial charge in [0.25, 0.3) is 0 Å². The monoisotopic (exact) mass is 177 g/mol. The highest BCUT2D eigenvalue weighted by Gasteiger charge is 1.84. The molecule has 0 aromatic heterocycles. The summed E-state index contributed by atoms with van der Waals surface area (Å²) in [5, 5.41) is 0. The summed E-state index contributed by atoms with van der Waals surface area (Å²) in [7, 11) is 0. The molecule has 1 rings (SSSR count). The summed E-state index contributed by atoms with van der Waals surface area (Å²) in [5.41, 5.74) is 2.17. The molecule has 0 atom stereocenters. The van der Waals surface area contributed by atoms with Gasteiger partial charge in [-0.2, -0.15) is 0 Å². The molecule has 0 unspecified atom stereocenters. The highest BCUT2D eigenvalue weighted by molar-refractivity contribution is 6.23. The quantitative estimate of drug-likeness (QED) is 0.651. The number of hydrogen-bond donors (Lipinski definition) is 1. The van der Waals surface area contributed by atoms with E-state index >= 15 is 0 Å². The van der Waals surface area contributed by atoms with Crippen LogP contribution in [0.2, 0.25) is 0 Å². The van der Waals surface area contributed by atoms with Gasteiger partial charge in [-0.15, -0.1) is 12.4 Å². The Hall–Kier alpha value is -0.400. The molecule has 0 saturated heterocycles. The predicted octanol–water partition coefficient (Wildman–Crippen LogP) is 2.98. The maximum Gasteiger partial charge on any atom is 0.0491 e. The van der Waals surface area contributed by atoms with E-state index in [1.54, 1.807) is 0 Å². The Labute approximate surface area is 71.9 Å². The first-order valence-electron chi connectivity index (χ1n) is 2.76. The van der Waals surface area contributed by atoms with Crippen molar-refractivity contribution < 1.29 is 0 Å². The van der Waals surface area contributed by atoms with Gasteiger partial charge in [0.05, 0.1) is 0 Å². The van der Waals surface area contributed by atoms with E-state index in [-0.39, 0.29) is 12.4 Å². The largest absolute Gasteiger partial charge is 0.299 e. The molecule has 0 aliphatic carbocycles. The summed E-state index contributed by atoms with van der Waals surface area (Å²) in [6.45, 7) is 2.04. The molecular formula is C7H9Cl2N. The Morgan fingerprint density at radius 1 is 1.20 bits per heavy atom. The number of halogens is 2. The van der Waals surface area contributed by atoms with Gasteiger partial charge in [-0.25, -0.2) is 0 Å². The van der Waals surface area contributed by atoms with Crippen LogP contribution in [0.1, 0.15) is 5.56 Å². The van der Waals surface area contributed by atoms with Crippen molar-refractivity contribution in [1.29, 1.82) is 0 Å². The second-order valence-corrected chi connectivity index (χ2v) is 2.15. The van der Waals surface area contributed by atoms with Crippen LogP contribution < -0.4 is 4.84 Å². The van der Waals surface area contributed by atoms with Gasteiger partial charge in [-0.05, 0) is 19.1 Å². The molecule has 3 heteroatoms. The van der Waals surface area contributed by atoms with Crippen LogP contribution in [0.25, 0.3) is 0 Å². The maximum absolute atomic E-state index is 5.33. The average molecular weight is 178 g/mol. The number of benzene rings is 1. The molecule has 1 aromatic rings.